The van der Waals surface area contributed by atoms with Gasteiger partial charge in [-0.3, -0.25) is 0 Å². The van der Waals surface area contributed by atoms with Gasteiger partial charge in [0.15, 0.2) is 0 Å². The number of aromatic nitrogens is 2. The molecule has 2 aromatic rings. The van der Waals surface area contributed by atoms with Crippen LogP contribution < -0.4 is 0 Å². The van der Waals surface area contributed by atoms with Crippen molar-refractivity contribution in [3.63, 3.8) is 0 Å². The molecule has 0 spiro atoms. The molecule has 0 saturated carbocycles. The van der Waals surface area contributed by atoms with Gasteiger partial charge in [-0.2, -0.15) is 0 Å². The smallest absolute Gasteiger partial charge is 0.0948 e. The van der Waals surface area contributed by atoms with E-state index in [4.69, 9.17) is 23.2 Å². The zero-order chi connectivity index (χ0) is 12.5. The van der Waals surface area contributed by atoms with Crippen molar-refractivity contribution in [2.24, 2.45) is 0 Å². The average molecular weight is 297 g/mol. The van der Waals surface area contributed by atoms with Gasteiger partial charge in [0.2, 0.25) is 0 Å². The molecule has 0 radical (unpaired) electrons. The van der Waals surface area contributed by atoms with Crippen LogP contribution in [0.4, 0.5) is 0 Å². The van der Waals surface area contributed by atoms with Crippen LogP contribution in [0, 0.1) is 0 Å². The van der Waals surface area contributed by atoms with Gasteiger partial charge in [-0.05, 0) is 23.8 Å². The number of rotatable bonds is 2. The van der Waals surface area contributed by atoms with Crippen molar-refractivity contribution >= 4 is 40.0 Å². The van der Waals surface area contributed by atoms with E-state index in [2.05, 4.69) is 4.98 Å². The van der Waals surface area contributed by atoms with Gasteiger partial charge in [-0.15, -0.1) is 11.8 Å². The van der Waals surface area contributed by atoms with Crippen LogP contribution in [-0.2, 0) is 6.54 Å². The second-order valence-corrected chi connectivity index (χ2v) is 5.91. The average Bonchev–Trinajstić information content (AvgIpc) is 2.86. The number of thioether (sulfide) groups is 1. The van der Waals surface area contributed by atoms with E-state index in [1.807, 2.05) is 29.0 Å². The first kappa shape index (κ1) is 12.2. The van der Waals surface area contributed by atoms with E-state index in [-0.39, 0.29) is 0 Å². The number of hydrogen-bond donors (Lipinski definition) is 0. The fourth-order valence-corrected chi connectivity index (χ4v) is 3.57. The van der Waals surface area contributed by atoms with Gasteiger partial charge in [0, 0.05) is 40.2 Å². The number of nitrogens with zero attached hydrogens (tertiary/aromatic N) is 2. The SMILES string of the molecule is ClC1=C(Cn2ccnc2)CSc2ccc(Cl)cc21. The van der Waals surface area contributed by atoms with E-state index < -0.39 is 0 Å². The first-order valence-electron chi connectivity index (χ1n) is 5.50. The molecule has 1 aromatic heterocycles. The summed E-state index contributed by atoms with van der Waals surface area (Å²) >= 11 is 14.3. The summed E-state index contributed by atoms with van der Waals surface area (Å²) in [5.74, 6) is 0.908. The number of imidazole rings is 1. The highest BCUT2D eigenvalue weighted by Crippen LogP contribution is 2.40. The van der Waals surface area contributed by atoms with Crippen molar-refractivity contribution < 1.29 is 0 Å². The standard InChI is InChI=1S/C13H10Cl2N2S/c14-10-1-2-12-11(5-10)13(15)9(7-18-12)6-17-4-3-16-8-17/h1-5,8H,6-7H2. The van der Waals surface area contributed by atoms with Gasteiger partial charge in [0.05, 0.1) is 11.4 Å². The number of halogens is 2. The summed E-state index contributed by atoms with van der Waals surface area (Å²) < 4.78 is 2.02. The summed E-state index contributed by atoms with van der Waals surface area (Å²) in [4.78, 5) is 5.23. The van der Waals surface area contributed by atoms with Gasteiger partial charge in [0.1, 0.15) is 0 Å². The lowest BCUT2D eigenvalue weighted by Gasteiger charge is -2.19. The van der Waals surface area contributed by atoms with Crippen LogP contribution in [0.3, 0.4) is 0 Å². The number of benzene rings is 1. The van der Waals surface area contributed by atoms with Crippen LogP contribution >= 0.6 is 35.0 Å². The Morgan fingerprint density at radius 3 is 3.00 bits per heavy atom. The lowest BCUT2D eigenvalue weighted by atomic mass is 10.1. The summed E-state index contributed by atoms with van der Waals surface area (Å²) in [7, 11) is 0. The Hall–Kier alpha value is -0.900. The molecule has 0 saturated heterocycles. The highest BCUT2D eigenvalue weighted by molar-refractivity contribution is 7.99. The Labute approximate surface area is 120 Å². The van der Waals surface area contributed by atoms with Gasteiger partial charge >= 0.3 is 0 Å². The molecule has 2 heterocycles. The minimum atomic E-state index is 0.719. The van der Waals surface area contributed by atoms with Crippen LogP contribution in [0.15, 0.2) is 47.4 Å². The minimum Gasteiger partial charge on any atom is -0.333 e. The summed E-state index contributed by atoms with van der Waals surface area (Å²) in [6.07, 6.45) is 5.51. The largest absolute Gasteiger partial charge is 0.333 e. The van der Waals surface area contributed by atoms with Gasteiger partial charge in [-0.25, -0.2) is 4.98 Å². The summed E-state index contributed by atoms with van der Waals surface area (Å²) in [6, 6.07) is 5.86. The molecule has 0 N–H and O–H groups in total. The molecule has 92 valence electrons. The van der Waals surface area contributed by atoms with Crippen molar-refractivity contribution in [2.75, 3.05) is 5.75 Å². The van der Waals surface area contributed by atoms with Crippen LogP contribution in [-0.4, -0.2) is 15.3 Å². The highest BCUT2D eigenvalue weighted by Gasteiger charge is 2.18. The Bertz CT molecular complexity index is 605. The third-order valence-corrected chi connectivity index (χ3v) is 4.69. The van der Waals surface area contributed by atoms with E-state index >= 15 is 0 Å². The molecule has 1 aliphatic heterocycles. The van der Waals surface area contributed by atoms with Crippen LogP contribution in [0.1, 0.15) is 5.56 Å². The van der Waals surface area contributed by atoms with Crippen molar-refractivity contribution in [3.8, 4) is 0 Å². The first-order chi connectivity index (χ1) is 8.74. The van der Waals surface area contributed by atoms with Crippen molar-refractivity contribution in [2.45, 2.75) is 11.4 Å². The first-order valence-corrected chi connectivity index (χ1v) is 7.24. The normalized spacial score (nSPS) is 14.8. The lowest BCUT2D eigenvalue weighted by Crippen LogP contribution is -2.06. The molecule has 2 nitrogen and oxygen atoms in total. The van der Waals surface area contributed by atoms with E-state index in [1.54, 1.807) is 24.3 Å². The fraction of sp³-hybridized carbons (Fsp3) is 0.154. The molecular weight excluding hydrogens is 287 g/mol. The maximum absolute atomic E-state index is 6.48. The predicted molar refractivity (Wildman–Crippen MR) is 77.2 cm³/mol. The van der Waals surface area contributed by atoms with Gasteiger partial charge < -0.3 is 4.57 Å². The second-order valence-electron chi connectivity index (χ2n) is 4.08. The maximum Gasteiger partial charge on any atom is 0.0948 e. The lowest BCUT2D eigenvalue weighted by molar-refractivity contribution is 0.786. The Balaban J connectivity index is 1.98. The monoisotopic (exact) mass is 296 g/mol. The zero-order valence-electron chi connectivity index (χ0n) is 9.44. The Morgan fingerprint density at radius 1 is 1.33 bits per heavy atom. The van der Waals surface area contributed by atoms with E-state index in [0.29, 0.717) is 0 Å². The van der Waals surface area contributed by atoms with Crippen molar-refractivity contribution in [1.82, 2.24) is 9.55 Å². The topological polar surface area (TPSA) is 17.8 Å². The van der Waals surface area contributed by atoms with Crippen molar-refractivity contribution in [1.29, 1.82) is 0 Å². The number of fused-ring (bicyclic) bond motifs is 1. The summed E-state index contributed by atoms with van der Waals surface area (Å²) in [5.41, 5.74) is 2.24. The molecule has 1 aromatic carbocycles. The molecule has 18 heavy (non-hydrogen) atoms. The quantitative estimate of drug-likeness (QED) is 0.823. The highest BCUT2D eigenvalue weighted by atomic mass is 35.5. The molecule has 0 aliphatic carbocycles. The molecule has 0 unspecified atom stereocenters. The van der Waals surface area contributed by atoms with E-state index in [0.717, 1.165) is 27.9 Å². The summed E-state index contributed by atoms with van der Waals surface area (Å²) in [5, 5.41) is 1.54. The predicted octanol–water partition coefficient (Wildman–Crippen LogP) is 4.29. The Morgan fingerprint density at radius 2 is 2.22 bits per heavy atom. The molecule has 0 atom stereocenters. The van der Waals surface area contributed by atoms with Gasteiger partial charge in [-0.1, -0.05) is 23.2 Å². The molecule has 3 rings (SSSR count). The second kappa shape index (κ2) is 5.00. The molecule has 5 heteroatoms. The molecular formula is C13H10Cl2N2S. The molecule has 1 aliphatic rings. The van der Waals surface area contributed by atoms with Crippen LogP contribution in [0.25, 0.3) is 5.03 Å². The molecule has 0 bridgehead atoms. The molecule has 0 amide bonds. The minimum absolute atomic E-state index is 0.719. The third kappa shape index (κ3) is 2.30. The third-order valence-electron chi connectivity index (χ3n) is 2.82. The zero-order valence-corrected chi connectivity index (χ0v) is 11.8. The van der Waals surface area contributed by atoms with Crippen LogP contribution in [0.2, 0.25) is 5.02 Å². The number of hydrogen-bond acceptors (Lipinski definition) is 2. The molecule has 0 fully saturated rings. The van der Waals surface area contributed by atoms with Crippen molar-refractivity contribution in [3.05, 3.63) is 53.1 Å². The van der Waals surface area contributed by atoms with E-state index in [1.165, 1.54) is 10.5 Å². The maximum atomic E-state index is 6.48. The van der Waals surface area contributed by atoms with E-state index in [9.17, 15) is 0 Å². The summed E-state index contributed by atoms with van der Waals surface area (Å²) in [6.45, 7) is 0.776. The fourth-order valence-electron chi connectivity index (χ4n) is 1.93. The van der Waals surface area contributed by atoms with Crippen LogP contribution in [0.5, 0.6) is 0 Å². The van der Waals surface area contributed by atoms with Gasteiger partial charge in [0.25, 0.3) is 0 Å². The Kier molecular flexibility index (Phi) is 3.37.